The Balaban J connectivity index is 1.70. The molecule has 0 N–H and O–H groups in total. The molecular formula is C22H24F2N2O2. The van der Waals surface area contributed by atoms with Gasteiger partial charge < -0.3 is 9.64 Å². The van der Waals surface area contributed by atoms with E-state index in [4.69, 9.17) is 4.74 Å². The first kappa shape index (κ1) is 20.1. The molecule has 2 atom stereocenters. The molecule has 6 heteroatoms. The molecule has 28 heavy (non-hydrogen) atoms. The van der Waals surface area contributed by atoms with Gasteiger partial charge in [0.25, 0.3) is 0 Å². The van der Waals surface area contributed by atoms with Crippen LogP contribution >= 0.6 is 0 Å². The van der Waals surface area contributed by atoms with Crippen LogP contribution in [0.25, 0.3) is 0 Å². The summed E-state index contributed by atoms with van der Waals surface area (Å²) in [5, 5.41) is 0. The van der Waals surface area contributed by atoms with E-state index in [1.54, 1.807) is 25.1 Å². The monoisotopic (exact) mass is 386 g/mol. The molecule has 0 amide bonds. The molecule has 0 aromatic heterocycles. The first-order chi connectivity index (χ1) is 13.4. The van der Waals surface area contributed by atoms with Crippen LogP contribution in [0.3, 0.4) is 0 Å². The Morgan fingerprint density at radius 1 is 1.11 bits per heavy atom. The van der Waals surface area contributed by atoms with Crippen molar-refractivity contribution in [3.8, 4) is 5.75 Å². The first-order valence-corrected chi connectivity index (χ1v) is 9.28. The molecule has 0 radical (unpaired) electrons. The van der Waals surface area contributed by atoms with Crippen LogP contribution in [0.5, 0.6) is 5.75 Å². The Kier molecular flexibility index (Phi) is 6.12. The quantitative estimate of drug-likeness (QED) is 0.730. The van der Waals surface area contributed by atoms with E-state index in [9.17, 15) is 13.6 Å². The highest BCUT2D eigenvalue weighted by molar-refractivity contribution is 5.54. The van der Waals surface area contributed by atoms with Crippen molar-refractivity contribution in [1.29, 1.82) is 0 Å². The smallest absolute Gasteiger partial charge is 0.147 e. The molecule has 1 heterocycles. The number of ether oxygens (including phenoxy) is 1. The van der Waals surface area contributed by atoms with Crippen LogP contribution in [0.1, 0.15) is 25.0 Å². The number of nitrogens with zero attached hydrogens (tertiary/aromatic N) is 2. The highest BCUT2D eigenvalue weighted by Crippen LogP contribution is 2.26. The number of halogens is 2. The van der Waals surface area contributed by atoms with E-state index in [1.165, 1.54) is 24.3 Å². The van der Waals surface area contributed by atoms with Gasteiger partial charge in [-0.2, -0.15) is 0 Å². The molecule has 0 aliphatic carbocycles. The Morgan fingerprint density at radius 3 is 2.43 bits per heavy atom. The van der Waals surface area contributed by atoms with Gasteiger partial charge in [-0.05, 0) is 62.2 Å². The zero-order chi connectivity index (χ0) is 20.3. The summed E-state index contributed by atoms with van der Waals surface area (Å²) >= 11 is 0. The molecule has 1 saturated heterocycles. The first-order valence-electron chi connectivity index (χ1n) is 9.28. The molecular weight excluding hydrogens is 362 g/mol. The lowest BCUT2D eigenvalue weighted by Crippen LogP contribution is -2.55. The molecule has 0 unspecified atom stereocenters. The number of piperazine rings is 1. The van der Waals surface area contributed by atoms with Crippen molar-refractivity contribution >= 4 is 5.94 Å². The molecule has 3 rings (SSSR count). The molecule has 2 aromatic rings. The second kappa shape index (κ2) is 8.55. The zero-order valence-corrected chi connectivity index (χ0v) is 16.3. The minimum absolute atomic E-state index is 0.0515. The predicted molar refractivity (Wildman–Crippen MR) is 103 cm³/mol. The number of carbonyl (C=O) groups excluding carboxylic acids is 1. The maximum atomic E-state index is 13.3. The van der Waals surface area contributed by atoms with Crippen LogP contribution in [0.15, 0.2) is 48.2 Å². The lowest BCUT2D eigenvalue weighted by Gasteiger charge is -2.45. The number of hydrogen-bond acceptors (Lipinski definition) is 4. The van der Waals surface area contributed by atoms with Gasteiger partial charge in [-0.15, -0.1) is 0 Å². The van der Waals surface area contributed by atoms with Crippen LogP contribution < -0.4 is 4.74 Å². The second-order valence-electron chi connectivity index (χ2n) is 7.22. The predicted octanol–water partition coefficient (Wildman–Crippen LogP) is 3.92. The fourth-order valence-corrected chi connectivity index (χ4v) is 3.51. The van der Waals surface area contributed by atoms with Crippen LogP contribution in [0.4, 0.5) is 8.78 Å². The maximum Gasteiger partial charge on any atom is 0.147 e. The molecule has 2 aromatic carbocycles. The molecule has 0 spiro atoms. The van der Waals surface area contributed by atoms with E-state index in [0.717, 1.165) is 11.1 Å². The lowest BCUT2D eigenvalue weighted by molar-refractivity contribution is 0.0283. The van der Waals surface area contributed by atoms with Gasteiger partial charge in [0, 0.05) is 19.1 Å². The van der Waals surface area contributed by atoms with Gasteiger partial charge in [-0.25, -0.2) is 13.6 Å². The summed E-state index contributed by atoms with van der Waals surface area (Å²) < 4.78 is 32.3. The van der Waals surface area contributed by atoms with Gasteiger partial charge in [-0.1, -0.05) is 12.1 Å². The summed E-state index contributed by atoms with van der Waals surface area (Å²) in [6.45, 7) is 7.25. The summed E-state index contributed by atoms with van der Waals surface area (Å²) in [6, 6.07) is 10.6. The third kappa shape index (κ3) is 4.41. The van der Waals surface area contributed by atoms with Crippen molar-refractivity contribution in [1.82, 2.24) is 9.80 Å². The van der Waals surface area contributed by atoms with Gasteiger partial charge in [-0.3, -0.25) is 4.90 Å². The minimum Gasteiger partial charge on any atom is -0.478 e. The number of benzene rings is 2. The molecule has 1 fully saturated rings. The van der Waals surface area contributed by atoms with E-state index in [0.29, 0.717) is 24.5 Å². The average molecular weight is 386 g/mol. The Hall–Kier alpha value is -2.69. The lowest BCUT2D eigenvalue weighted by atomic mass is 10.0. The van der Waals surface area contributed by atoms with Crippen LogP contribution in [-0.4, -0.2) is 41.1 Å². The van der Waals surface area contributed by atoms with Gasteiger partial charge in [0.05, 0.1) is 6.04 Å². The van der Waals surface area contributed by atoms with Crippen molar-refractivity contribution in [3.05, 3.63) is 70.9 Å². The molecule has 0 saturated carbocycles. The summed E-state index contributed by atoms with van der Waals surface area (Å²) in [5.41, 5.74) is 2.20. The summed E-state index contributed by atoms with van der Waals surface area (Å²) in [5.74, 6) is 2.12. The average Bonchev–Trinajstić information content (AvgIpc) is 2.66. The van der Waals surface area contributed by atoms with Crippen molar-refractivity contribution in [2.24, 2.45) is 0 Å². The number of rotatable bonds is 5. The van der Waals surface area contributed by atoms with Crippen LogP contribution in [0, 0.1) is 18.6 Å². The Morgan fingerprint density at radius 2 is 1.79 bits per heavy atom. The van der Waals surface area contributed by atoms with E-state index >= 15 is 0 Å². The summed E-state index contributed by atoms with van der Waals surface area (Å²) in [7, 11) is 0. The molecule has 1 aliphatic heterocycles. The highest BCUT2D eigenvalue weighted by Gasteiger charge is 2.34. The number of hydrogen-bond donors (Lipinski definition) is 0. The largest absolute Gasteiger partial charge is 0.478 e. The summed E-state index contributed by atoms with van der Waals surface area (Å²) in [4.78, 5) is 15.8. The van der Waals surface area contributed by atoms with Crippen LogP contribution in [-0.2, 0) is 11.3 Å². The van der Waals surface area contributed by atoms with E-state index < -0.39 is 0 Å². The standard InChI is InChI=1S/C22H24F2N2O2/c1-15-10-20(24)8-9-22(15)28-14-25-11-16(2)26(21(13-27)17(25)3)12-18-4-6-19(23)7-5-18/h4-10,16-17H,11-12,14H2,1-3H3/t16-,17+/m1/s1. The Labute approximate surface area is 164 Å². The SMILES string of the molecule is Cc1cc(F)ccc1OCN1C[C@@H](C)N(Cc2ccc(F)cc2)C(=C=O)[C@@H]1C. The molecule has 4 nitrogen and oxygen atoms in total. The normalized spacial score (nSPS) is 20.2. The van der Waals surface area contributed by atoms with Gasteiger partial charge >= 0.3 is 0 Å². The topological polar surface area (TPSA) is 32.8 Å². The van der Waals surface area contributed by atoms with Crippen LogP contribution in [0.2, 0.25) is 0 Å². The third-order valence-corrected chi connectivity index (χ3v) is 5.18. The van der Waals surface area contributed by atoms with Crippen molar-refractivity contribution in [3.63, 3.8) is 0 Å². The molecule has 148 valence electrons. The van der Waals surface area contributed by atoms with Gasteiger partial charge in [0.15, 0.2) is 0 Å². The number of aryl methyl sites for hydroxylation is 1. The fraction of sp³-hybridized carbons (Fsp3) is 0.364. The minimum atomic E-state index is -0.299. The van der Waals surface area contributed by atoms with E-state index in [-0.39, 0.29) is 30.4 Å². The Bertz CT molecular complexity index is 879. The van der Waals surface area contributed by atoms with E-state index in [2.05, 4.69) is 10.8 Å². The zero-order valence-electron chi connectivity index (χ0n) is 16.3. The van der Waals surface area contributed by atoms with Crippen molar-refractivity contribution in [2.75, 3.05) is 13.3 Å². The van der Waals surface area contributed by atoms with Crippen molar-refractivity contribution in [2.45, 2.75) is 39.4 Å². The fourth-order valence-electron chi connectivity index (χ4n) is 3.51. The highest BCUT2D eigenvalue weighted by atomic mass is 19.1. The molecule has 1 aliphatic rings. The molecule has 0 bridgehead atoms. The van der Waals surface area contributed by atoms with Crippen molar-refractivity contribution < 1.29 is 18.3 Å². The maximum absolute atomic E-state index is 13.3. The van der Waals surface area contributed by atoms with Gasteiger partial charge in [0.2, 0.25) is 0 Å². The summed E-state index contributed by atoms with van der Waals surface area (Å²) in [6.07, 6.45) is 0. The van der Waals surface area contributed by atoms with E-state index in [1.807, 2.05) is 18.7 Å². The van der Waals surface area contributed by atoms with Gasteiger partial charge in [0.1, 0.15) is 35.8 Å². The third-order valence-electron chi connectivity index (χ3n) is 5.18. The second-order valence-corrected chi connectivity index (χ2v) is 7.22.